The molecule has 1 aromatic rings. The molecule has 1 heterocycles. The van der Waals surface area contributed by atoms with Crippen LogP contribution in [0.4, 0.5) is 0 Å². The van der Waals surface area contributed by atoms with Crippen molar-refractivity contribution < 1.29 is 4.79 Å². The molecule has 0 bridgehead atoms. The van der Waals surface area contributed by atoms with E-state index in [1.807, 2.05) is 13.8 Å². The number of rotatable bonds is 5. The van der Waals surface area contributed by atoms with Gasteiger partial charge in [0.1, 0.15) is 5.82 Å². The number of nitrogens with one attached hydrogen (secondary N) is 1. The minimum Gasteiger partial charge on any atom is -0.404 e. The SMILES string of the molecule is CCN(CC)C(=O)/C(=C/N)c1nc(C2=C=C=CC=C2)cc(=O)[nH]1. The van der Waals surface area contributed by atoms with Gasteiger partial charge >= 0.3 is 0 Å². The number of allylic oxidation sites excluding steroid dienone is 4. The van der Waals surface area contributed by atoms with Crippen LogP contribution in [0.25, 0.3) is 11.1 Å². The Bertz CT molecular complexity index is 828. The number of hydrogen-bond donors (Lipinski definition) is 2. The monoisotopic (exact) mass is 310 g/mol. The van der Waals surface area contributed by atoms with Crippen molar-refractivity contribution in [3.8, 4) is 0 Å². The zero-order chi connectivity index (χ0) is 16.8. The molecule has 2 rings (SSSR count). The summed E-state index contributed by atoms with van der Waals surface area (Å²) in [5, 5.41) is 0. The normalized spacial score (nSPS) is 13.1. The molecule has 0 saturated carbocycles. The highest BCUT2D eigenvalue weighted by atomic mass is 16.2. The van der Waals surface area contributed by atoms with Crippen molar-refractivity contribution >= 4 is 17.1 Å². The quantitative estimate of drug-likeness (QED) is 0.631. The minimum absolute atomic E-state index is 0.143. The summed E-state index contributed by atoms with van der Waals surface area (Å²) < 4.78 is 0. The summed E-state index contributed by atoms with van der Waals surface area (Å²) in [5.41, 5.74) is 12.1. The van der Waals surface area contributed by atoms with Crippen LogP contribution in [-0.2, 0) is 4.79 Å². The number of amides is 1. The summed E-state index contributed by atoms with van der Waals surface area (Å²) in [4.78, 5) is 32.9. The van der Waals surface area contributed by atoms with Crippen LogP contribution in [0.15, 0.2) is 46.8 Å². The Morgan fingerprint density at radius 2 is 2.17 bits per heavy atom. The van der Waals surface area contributed by atoms with E-state index < -0.39 is 0 Å². The van der Waals surface area contributed by atoms with Crippen LogP contribution in [-0.4, -0.2) is 33.9 Å². The molecular formula is C17H18N4O2. The van der Waals surface area contributed by atoms with E-state index in [0.717, 1.165) is 0 Å². The summed E-state index contributed by atoms with van der Waals surface area (Å²) in [6, 6.07) is 1.35. The second-order valence-electron chi connectivity index (χ2n) is 4.75. The lowest BCUT2D eigenvalue weighted by molar-refractivity contribution is -0.124. The second kappa shape index (κ2) is 7.27. The van der Waals surface area contributed by atoms with Gasteiger partial charge in [0.15, 0.2) is 0 Å². The highest BCUT2D eigenvalue weighted by Gasteiger charge is 2.20. The molecule has 3 N–H and O–H groups in total. The molecule has 0 unspecified atom stereocenters. The first-order valence-corrected chi connectivity index (χ1v) is 7.32. The van der Waals surface area contributed by atoms with Gasteiger partial charge < -0.3 is 15.6 Å². The van der Waals surface area contributed by atoms with E-state index in [1.54, 1.807) is 23.1 Å². The first-order chi connectivity index (χ1) is 11.1. The topological polar surface area (TPSA) is 92.1 Å². The molecule has 1 aliphatic carbocycles. The zero-order valence-electron chi connectivity index (χ0n) is 13.1. The van der Waals surface area contributed by atoms with Gasteiger partial charge in [0.2, 0.25) is 0 Å². The lowest BCUT2D eigenvalue weighted by Gasteiger charge is -2.19. The number of carbonyl (C=O) groups is 1. The van der Waals surface area contributed by atoms with Crippen molar-refractivity contribution in [2.45, 2.75) is 13.8 Å². The number of H-pyrrole nitrogens is 1. The van der Waals surface area contributed by atoms with Crippen molar-refractivity contribution in [3.63, 3.8) is 0 Å². The van der Waals surface area contributed by atoms with E-state index in [9.17, 15) is 9.59 Å². The van der Waals surface area contributed by atoms with Crippen molar-refractivity contribution in [1.82, 2.24) is 14.9 Å². The second-order valence-corrected chi connectivity index (χ2v) is 4.75. The van der Waals surface area contributed by atoms with Gasteiger partial charge in [-0.25, -0.2) is 4.98 Å². The number of nitrogens with two attached hydrogens (primary N) is 1. The van der Waals surface area contributed by atoms with Crippen LogP contribution < -0.4 is 11.3 Å². The molecule has 1 amide bonds. The maximum atomic E-state index is 12.5. The van der Waals surface area contributed by atoms with E-state index in [0.29, 0.717) is 24.4 Å². The van der Waals surface area contributed by atoms with Gasteiger partial charge in [0, 0.05) is 25.4 Å². The third kappa shape index (κ3) is 3.58. The Balaban J connectivity index is 2.51. The summed E-state index contributed by atoms with van der Waals surface area (Å²) in [5.74, 6) is -0.134. The number of nitrogens with zero attached hydrogens (tertiary/aromatic N) is 2. The Kier molecular flexibility index (Phi) is 5.15. The molecule has 1 aliphatic rings. The molecule has 0 saturated heterocycles. The van der Waals surface area contributed by atoms with Gasteiger partial charge in [-0.15, -0.1) is 0 Å². The highest BCUT2D eigenvalue weighted by Crippen LogP contribution is 2.16. The molecule has 0 aromatic carbocycles. The molecule has 0 fully saturated rings. The Morgan fingerprint density at radius 1 is 1.43 bits per heavy atom. The molecule has 0 radical (unpaired) electrons. The smallest absolute Gasteiger partial charge is 0.259 e. The largest absolute Gasteiger partial charge is 0.404 e. The van der Waals surface area contributed by atoms with Gasteiger partial charge in [-0.05, 0) is 26.0 Å². The number of hydrogen-bond acceptors (Lipinski definition) is 4. The van der Waals surface area contributed by atoms with E-state index in [4.69, 9.17) is 5.73 Å². The maximum Gasteiger partial charge on any atom is 0.259 e. The predicted molar refractivity (Wildman–Crippen MR) is 89.1 cm³/mol. The van der Waals surface area contributed by atoms with Crippen LogP contribution >= 0.6 is 0 Å². The maximum absolute atomic E-state index is 12.5. The van der Waals surface area contributed by atoms with Gasteiger partial charge in [-0.2, -0.15) is 0 Å². The van der Waals surface area contributed by atoms with Crippen molar-refractivity contribution in [2.24, 2.45) is 5.73 Å². The lowest BCUT2D eigenvalue weighted by Crippen LogP contribution is -2.32. The van der Waals surface area contributed by atoms with Crippen LogP contribution in [0.1, 0.15) is 25.4 Å². The number of likely N-dealkylation sites (N-methyl/N-ethyl adjacent to an activating group) is 1. The molecule has 6 heteroatoms. The van der Waals surface area contributed by atoms with E-state index >= 15 is 0 Å². The van der Waals surface area contributed by atoms with Gasteiger partial charge in [-0.1, -0.05) is 17.5 Å². The van der Waals surface area contributed by atoms with Crippen LogP contribution in [0.2, 0.25) is 0 Å². The summed E-state index contributed by atoms with van der Waals surface area (Å²) in [6.07, 6.45) is 6.41. The molecule has 1 aromatic heterocycles. The van der Waals surface area contributed by atoms with Crippen molar-refractivity contribution in [3.05, 3.63) is 63.8 Å². The standard InChI is InChI=1S/C17H18N4O2/c1-3-21(4-2)17(23)13(11-18)16-19-14(10-15(22)20-16)12-8-6-5-7-9-12/h5-6,8,10-11H,3-4,18H2,1-2H3,(H,19,20,22)/b13-11+. The fourth-order valence-corrected chi connectivity index (χ4v) is 2.16. The Morgan fingerprint density at radius 3 is 2.74 bits per heavy atom. The van der Waals surface area contributed by atoms with Crippen molar-refractivity contribution in [1.29, 1.82) is 0 Å². The molecule has 0 spiro atoms. The zero-order valence-corrected chi connectivity index (χ0v) is 13.1. The van der Waals surface area contributed by atoms with E-state index in [2.05, 4.69) is 21.4 Å². The number of carbonyl (C=O) groups excluding carboxylic acids is 1. The highest BCUT2D eigenvalue weighted by molar-refractivity contribution is 6.18. The summed E-state index contributed by atoms with van der Waals surface area (Å²) in [7, 11) is 0. The summed E-state index contributed by atoms with van der Waals surface area (Å²) >= 11 is 0. The molecule has 0 atom stereocenters. The average molecular weight is 310 g/mol. The summed E-state index contributed by atoms with van der Waals surface area (Å²) in [6.45, 7) is 4.82. The van der Waals surface area contributed by atoms with Gasteiger partial charge in [0.25, 0.3) is 11.5 Å². The third-order valence-corrected chi connectivity index (χ3v) is 3.37. The van der Waals surface area contributed by atoms with Gasteiger partial charge in [-0.3, -0.25) is 9.59 Å². The first-order valence-electron chi connectivity index (χ1n) is 7.32. The molecule has 6 nitrogen and oxygen atoms in total. The van der Waals surface area contributed by atoms with E-state index in [-0.39, 0.29) is 22.9 Å². The molecule has 118 valence electrons. The molecule has 23 heavy (non-hydrogen) atoms. The van der Waals surface area contributed by atoms with E-state index in [1.165, 1.54) is 12.3 Å². The van der Waals surface area contributed by atoms with Crippen LogP contribution in [0.5, 0.6) is 0 Å². The Hall–Kier alpha value is -3.07. The van der Waals surface area contributed by atoms with Crippen LogP contribution in [0.3, 0.4) is 0 Å². The predicted octanol–water partition coefficient (Wildman–Crippen LogP) is 1.20. The fraction of sp³-hybridized carbons (Fsp3) is 0.235. The van der Waals surface area contributed by atoms with Crippen molar-refractivity contribution in [2.75, 3.05) is 13.1 Å². The first kappa shape index (κ1) is 16.3. The average Bonchev–Trinajstić information content (AvgIpc) is 2.57. The van der Waals surface area contributed by atoms with Crippen LogP contribution in [0, 0.1) is 0 Å². The number of aromatic amines is 1. The molecular weight excluding hydrogens is 292 g/mol. The Labute approximate surface area is 134 Å². The van der Waals surface area contributed by atoms with Gasteiger partial charge in [0.05, 0.1) is 16.8 Å². The minimum atomic E-state index is -0.367. The number of aromatic nitrogens is 2. The lowest BCUT2D eigenvalue weighted by atomic mass is 10.1. The third-order valence-electron chi connectivity index (χ3n) is 3.37. The molecule has 0 aliphatic heterocycles. The fourth-order valence-electron chi connectivity index (χ4n) is 2.16.